The summed E-state index contributed by atoms with van der Waals surface area (Å²) < 4.78 is 0. The average Bonchev–Trinajstić information content (AvgIpc) is 2.94. The van der Waals surface area contributed by atoms with Gasteiger partial charge in [0.2, 0.25) is 0 Å². The van der Waals surface area contributed by atoms with Crippen LogP contribution in [0.1, 0.15) is 53.2 Å². The van der Waals surface area contributed by atoms with Gasteiger partial charge in [-0.15, -0.1) is 11.3 Å². The van der Waals surface area contributed by atoms with Crippen LogP contribution in [-0.2, 0) is 6.42 Å². The number of thiophene rings is 1. The smallest absolute Gasteiger partial charge is 0.261 e. The minimum atomic E-state index is -0.157. The monoisotopic (exact) mass is 281 g/mol. The number of carbonyl (C=O) groups is 1. The summed E-state index contributed by atoms with van der Waals surface area (Å²) in [4.78, 5) is 14.3. The summed E-state index contributed by atoms with van der Waals surface area (Å²) in [5.41, 5.74) is 1.10. The van der Waals surface area contributed by atoms with E-state index in [0.717, 1.165) is 30.6 Å². The molecule has 0 spiro atoms. The van der Waals surface area contributed by atoms with E-state index in [2.05, 4.69) is 26.1 Å². The van der Waals surface area contributed by atoms with E-state index in [0.29, 0.717) is 0 Å². The van der Waals surface area contributed by atoms with Gasteiger partial charge in [0.25, 0.3) is 5.91 Å². The molecule has 4 heteroatoms. The van der Waals surface area contributed by atoms with Crippen molar-refractivity contribution < 1.29 is 9.90 Å². The maximum absolute atomic E-state index is 12.3. The molecule has 1 aromatic heterocycles. The largest absolute Gasteiger partial charge is 0.396 e. The Labute approximate surface area is 119 Å². The van der Waals surface area contributed by atoms with Gasteiger partial charge in [-0.05, 0) is 37.8 Å². The molecule has 1 amide bonds. The lowest BCUT2D eigenvalue weighted by Crippen LogP contribution is -2.44. The Balaban J connectivity index is 2.08. The average molecular weight is 281 g/mol. The van der Waals surface area contributed by atoms with Gasteiger partial charge < -0.3 is 10.4 Å². The molecule has 2 N–H and O–H groups in total. The summed E-state index contributed by atoms with van der Waals surface area (Å²) in [5.74, 6) is 0.0133. The number of nitrogens with one attached hydrogen (secondary N) is 1. The topological polar surface area (TPSA) is 49.3 Å². The van der Waals surface area contributed by atoms with Crippen LogP contribution in [0.25, 0.3) is 0 Å². The number of aliphatic hydroxyl groups is 1. The molecule has 19 heavy (non-hydrogen) atoms. The molecule has 1 aliphatic rings. The number of rotatable bonds is 4. The van der Waals surface area contributed by atoms with Crippen molar-refractivity contribution in [3.05, 3.63) is 21.4 Å². The molecule has 0 radical (unpaired) electrons. The van der Waals surface area contributed by atoms with Gasteiger partial charge in [0, 0.05) is 16.3 Å². The standard InChI is InChI=1S/C15H23NO2S/c1-4-11-8-12(19-10(11)2)14(18)16-13-6-5-7-15(13,3)9-17/h8,13,17H,4-7,9H2,1-3H3,(H,16,18). The van der Waals surface area contributed by atoms with Crippen LogP contribution in [0.2, 0.25) is 0 Å². The highest BCUT2D eigenvalue weighted by Crippen LogP contribution is 2.37. The van der Waals surface area contributed by atoms with E-state index in [9.17, 15) is 9.90 Å². The highest BCUT2D eigenvalue weighted by Gasteiger charge is 2.39. The highest BCUT2D eigenvalue weighted by molar-refractivity contribution is 7.14. The molecule has 2 atom stereocenters. The second-order valence-corrected chi connectivity index (χ2v) is 7.03. The fourth-order valence-corrected chi connectivity index (χ4v) is 3.90. The SMILES string of the molecule is CCc1cc(C(=O)NC2CCCC2(C)CO)sc1C. The zero-order valence-corrected chi connectivity index (χ0v) is 12.8. The lowest BCUT2D eigenvalue weighted by molar-refractivity contribution is 0.0834. The Bertz CT molecular complexity index is 469. The molecule has 2 rings (SSSR count). The highest BCUT2D eigenvalue weighted by atomic mass is 32.1. The fourth-order valence-electron chi connectivity index (χ4n) is 2.88. The molecular formula is C15H23NO2S. The van der Waals surface area contributed by atoms with E-state index in [1.165, 1.54) is 10.4 Å². The molecule has 0 aliphatic heterocycles. The Morgan fingerprint density at radius 1 is 1.63 bits per heavy atom. The third-order valence-corrected chi connectivity index (χ3v) is 5.47. The zero-order chi connectivity index (χ0) is 14.0. The quantitative estimate of drug-likeness (QED) is 0.891. The first-order valence-electron chi connectivity index (χ1n) is 7.01. The molecule has 2 unspecified atom stereocenters. The number of carbonyl (C=O) groups excluding carboxylic acids is 1. The summed E-state index contributed by atoms with van der Waals surface area (Å²) in [6.07, 6.45) is 3.99. The van der Waals surface area contributed by atoms with Crippen molar-refractivity contribution >= 4 is 17.2 Å². The van der Waals surface area contributed by atoms with Gasteiger partial charge in [0.15, 0.2) is 0 Å². The van der Waals surface area contributed by atoms with E-state index in [1.807, 2.05) is 6.07 Å². The predicted molar refractivity (Wildman–Crippen MR) is 78.7 cm³/mol. The van der Waals surface area contributed by atoms with E-state index in [4.69, 9.17) is 0 Å². The van der Waals surface area contributed by atoms with Crippen LogP contribution in [0.4, 0.5) is 0 Å². The van der Waals surface area contributed by atoms with Crippen LogP contribution < -0.4 is 5.32 Å². The number of amides is 1. The summed E-state index contributed by atoms with van der Waals surface area (Å²) in [5, 5.41) is 12.6. The van der Waals surface area contributed by atoms with Crippen molar-refractivity contribution in [1.29, 1.82) is 0 Å². The molecule has 1 aliphatic carbocycles. The van der Waals surface area contributed by atoms with Gasteiger partial charge in [-0.3, -0.25) is 4.79 Å². The Morgan fingerprint density at radius 3 is 2.95 bits per heavy atom. The fraction of sp³-hybridized carbons (Fsp3) is 0.667. The molecule has 3 nitrogen and oxygen atoms in total. The first-order valence-corrected chi connectivity index (χ1v) is 7.83. The molecular weight excluding hydrogens is 258 g/mol. The number of aliphatic hydroxyl groups excluding tert-OH is 1. The van der Waals surface area contributed by atoms with Crippen molar-refractivity contribution in [3.8, 4) is 0 Å². The number of aryl methyl sites for hydroxylation is 2. The van der Waals surface area contributed by atoms with Crippen LogP contribution in [0.5, 0.6) is 0 Å². The minimum absolute atomic E-state index is 0.0133. The molecule has 0 saturated heterocycles. The van der Waals surface area contributed by atoms with E-state index in [-0.39, 0.29) is 24.0 Å². The number of hydrogen-bond acceptors (Lipinski definition) is 3. The summed E-state index contributed by atoms with van der Waals surface area (Å²) in [7, 11) is 0. The molecule has 1 aromatic rings. The van der Waals surface area contributed by atoms with Crippen LogP contribution in [0, 0.1) is 12.3 Å². The summed E-state index contributed by atoms with van der Waals surface area (Å²) in [6.45, 7) is 6.37. The first kappa shape index (κ1) is 14.5. The lowest BCUT2D eigenvalue weighted by atomic mass is 9.86. The second kappa shape index (κ2) is 5.63. The first-order chi connectivity index (χ1) is 9.00. The van der Waals surface area contributed by atoms with Crippen LogP contribution >= 0.6 is 11.3 Å². The van der Waals surface area contributed by atoms with Gasteiger partial charge in [-0.25, -0.2) is 0 Å². The normalized spacial score (nSPS) is 26.6. The predicted octanol–water partition coefficient (Wildman–Crippen LogP) is 2.90. The van der Waals surface area contributed by atoms with Gasteiger partial charge in [0.1, 0.15) is 0 Å². The minimum Gasteiger partial charge on any atom is -0.396 e. The summed E-state index contributed by atoms with van der Waals surface area (Å²) in [6, 6.07) is 2.10. The number of hydrogen-bond donors (Lipinski definition) is 2. The molecule has 0 aromatic carbocycles. The molecule has 1 heterocycles. The van der Waals surface area contributed by atoms with E-state index in [1.54, 1.807) is 11.3 Å². The van der Waals surface area contributed by atoms with Gasteiger partial charge >= 0.3 is 0 Å². The van der Waals surface area contributed by atoms with Crippen LogP contribution in [0.3, 0.4) is 0 Å². The lowest BCUT2D eigenvalue weighted by Gasteiger charge is -2.29. The van der Waals surface area contributed by atoms with Crippen molar-refractivity contribution in [2.24, 2.45) is 5.41 Å². The Hall–Kier alpha value is -0.870. The molecule has 0 bridgehead atoms. The Kier molecular flexibility index (Phi) is 4.31. The van der Waals surface area contributed by atoms with E-state index < -0.39 is 0 Å². The summed E-state index contributed by atoms with van der Waals surface area (Å²) >= 11 is 1.56. The van der Waals surface area contributed by atoms with Gasteiger partial charge in [0.05, 0.1) is 11.5 Å². The molecule has 1 saturated carbocycles. The molecule has 106 valence electrons. The van der Waals surface area contributed by atoms with Crippen LogP contribution in [-0.4, -0.2) is 23.7 Å². The third kappa shape index (κ3) is 2.84. The maximum Gasteiger partial charge on any atom is 0.261 e. The van der Waals surface area contributed by atoms with Crippen molar-refractivity contribution in [1.82, 2.24) is 5.32 Å². The second-order valence-electron chi connectivity index (χ2n) is 5.78. The van der Waals surface area contributed by atoms with Crippen molar-refractivity contribution in [3.63, 3.8) is 0 Å². The maximum atomic E-state index is 12.3. The van der Waals surface area contributed by atoms with Crippen molar-refractivity contribution in [2.75, 3.05) is 6.61 Å². The Morgan fingerprint density at radius 2 is 2.37 bits per heavy atom. The third-order valence-electron chi connectivity index (χ3n) is 4.37. The molecule has 1 fully saturated rings. The van der Waals surface area contributed by atoms with Gasteiger partial charge in [-0.2, -0.15) is 0 Å². The van der Waals surface area contributed by atoms with Crippen molar-refractivity contribution in [2.45, 2.75) is 52.5 Å². The van der Waals surface area contributed by atoms with E-state index >= 15 is 0 Å². The van der Waals surface area contributed by atoms with Gasteiger partial charge in [-0.1, -0.05) is 20.3 Å². The zero-order valence-electron chi connectivity index (χ0n) is 12.0. The van der Waals surface area contributed by atoms with Crippen LogP contribution in [0.15, 0.2) is 6.07 Å².